The molecule has 1 fully saturated rings. The molecule has 0 aromatic rings. The minimum Gasteiger partial charge on any atom is -0.351 e. The summed E-state index contributed by atoms with van der Waals surface area (Å²) in [5.41, 5.74) is -1.65. The molecular formula is C15H28N2O4S. The summed E-state index contributed by atoms with van der Waals surface area (Å²) in [5.74, 6) is -0.567. The van der Waals surface area contributed by atoms with Gasteiger partial charge in [0.25, 0.3) is 0 Å². The van der Waals surface area contributed by atoms with Crippen LogP contribution in [0.3, 0.4) is 0 Å². The second kappa shape index (κ2) is 6.18. The van der Waals surface area contributed by atoms with Gasteiger partial charge < -0.3 is 10.2 Å². The van der Waals surface area contributed by atoms with Gasteiger partial charge in [0.15, 0.2) is 9.84 Å². The summed E-state index contributed by atoms with van der Waals surface area (Å²) in [4.78, 5) is 26.7. The molecule has 0 aliphatic carbocycles. The van der Waals surface area contributed by atoms with Crippen LogP contribution in [-0.2, 0) is 19.4 Å². The average molecular weight is 332 g/mol. The minimum absolute atomic E-state index is 0.0104. The second-order valence-corrected chi connectivity index (χ2v) is 9.71. The predicted molar refractivity (Wildman–Crippen MR) is 86.1 cm³/mol. The lowest BCUT2D eigenvalue weighted by atomic mass is 9.88. The molecule has 0 saturated carbocycles. The molecule has 1 atom stereocenters. The first-order valence-electron chi connectivity index (χ1n) is 7.64. The van der Waals surface area contributed by atoms with Crippen LogP contribution < -0.4 is 5.32 Å². The number of amides is 2. The van der Waals surface area contributed by atoms with E-state index in [1.807, 2.05) is 20.8 Å². The molecule has 0 bridgehead atoms. The van der Waals surface area contributed by atoms with Gasteiger partial charge in [0.05, 0.1) is 11.5 Å². The molecule has 1 unspecified atom stereocenters. The molecule has 0 aromatic heterocycles. The Morgan fingerprint density at radius 2 is 1.73 bits per heavy atom. The standard InChI is InChI=1S/C15H28N2O4S/c1-7-17(11-8-9-22(20,21)10-11)13(19)15(5,6)12(18)16-14(2,3)4/h11H,7-10H2,1-6H3,(H,16,18). The Hall–Kier alpha value is -1.11. The average Bonchev–Trinajstić information content (AvgIpc) is 2.68. The molecule has 22 heavy (non-hydrogen) atoms. The lowest BCUT2D eigenvalue weighted by molar-refractivity contribution is -0.150. The van der Waals surface area contributed by atoms with Gasteiger partial charge in [-0.1, -0.05) is 0 Å². The number of sulfone groups is 1. The molecule has 2 amide bonds. The van der Waals surface area contributed by atoms with Crippen molar-refractivity contribution < 1.29 is 18.0 Å². The molecule has 1 heterocycles. The predicted octanol–water partition coefficient (Wildman–Crippen LogP) is 0.963. The van der Waals surface area contributed by atoms with Gasteiger partial charge in [-0.2, -0.15) is 0 Å². The Balaban J connectivity index is 2.93. The van der Waals surface area contributed by atoms with E-state index in [-0.39, 0.29) is 29.4 Å². The Labute approximate surface area is 133 Å². The van der Waals surface area contributed by atoms with Crippen LogP contribution in [0.2, 0.25) is 0 Å². The van der Waals surface area contributed by atoms with E-state index in [0.29, 0.717) is 13.0 Å². The van der Waals surface area contributed by atoms with Crippen molar-refractivity contribution in [3.8, 4) is 0 Å². The fourth-order valence-electron chi connectivity index (χ4n) is 2.54. The highest BCUT2D eigenvalue weighted by Gasteiger charge is 2.43. The zero-order valence-electron chi connectivity index (χ0n) is 14.4. The third kappa shape index (κ3) is 4.44. The first-order chi connectivity index (χ1) is 9.80. The maximum atomic E-state index is 12.8. The van der Waals surface area contributed by atoms with Crippen LogP contribution in [0, 0.1) is 5.41 Å². The number of hydrogen-bond donors (Lipinski definition) is 1. The zero-order chi connectivity index (χ0) is 17.3. The summed E-state index contributed by atoms with van der Waals surface area (Å²) >= 11 is 0. The molecule has 1 aliphatic rings. The van der Waals surface area contributed by atoms with Crippen molar-refractivity contribution in [3.63, 3.8) is 0 Å². The summed E-state index contributed by atoms with van der Waals surface area (Å²) in [6, 6.07) is -0.329. The van der Waals surface area contributed by atoms with Crippen LogP contribution >= 0.6 is 0 Å². The van der Waals surface area contributed by atoms with Gasteiger partial charge in [0.1, 0.15) is 5.41 Å². The second-order valence-electron chi connectivity index (χ2n) is 7.48. The molecular weight excluding hydrogens is 304 g/mol. The molecule has 1 rings (SSSR count). The van der Waals surface area contributed by atoms with E-state index in [0.717, 1.165) is 0 Å². The van der Waals surface area contributed by atoms with Gasteiger partial charge in [-0.25, -0.2) is 8.42 Å². The van der Waals surface area contributed by atoms with Gasteiger partial charge in [-0.3, -0.25) is 9.59 Å². The quantitative estimate of drug-likeness (QED) is 0.777. The lowest BCUT2D eigenvalue weighted by Gasteiger charge is -2.35. The highest BCUT2D eigenvalue weighted by molar-refractivity contribution is 7.91. The number of nitrogens with one attached hydrogen (secondary N) is 1. The largest absolute Gasteiger partial charge is 0.351 e. The molecule has 0 aromatic carbocycles. The Bertz CT molecular complexity index is 546. The van der Waals surface area contributed by atoms with Gasteiger partial charge in [0.2, 0.25) is 11.8 Å². The van der Waals surface area contributed by atoms with Crippen molar-refractivity contribution >= 4 is 21.7 Å². The summed E-state index contributed by atoms with van der Waals surface area (Å²) in [7, 11) is -3.07. The molecule has 0 spiro atoms. The Morgan fingerprint density at radius 1 is 1.18 bits per heavy atom. The van der Waals surface area contributed by atoms with E-state index in [9.17, 15) is 18.0 Å². The summed E-state index contributed by atoms with van der Waals surface area (Å²) in [6.07, 6.45) is 0.443. The number of carbonyl (C=O) groups is 2. The summed E-state index contributed by atoms with van der Waals surface area (Å²) in [5, 5.41) is 2.82. The summed E-state index contributed by atoms with van der Waals surface area (Å²) in [6.45, 7) is 10.9. The van der Waals surface area contributed by atoms with E-state index in [4.69, 9.17) is 0 Å². The Kier molecular flexibility index (Phi) is 5.32. The van der Waals surface area contributed by atoms with Crippen LogP contribution in [0.5, 0.6) is 0 Å². The van der Waals surface area contributed by atoms with E-state index in [1.54, 1.807) is 20.8 Å². The SMILES string of the molecule is CCN(C(=O)C(C)(C)C(=O)NC(C)(C)C)C1CCS(=O)(=O)C1. The molecule has 1 saturated heterocycles. The fourth-order valence-corrected chi connectivity index (χ4v) is 4.27. The van der Waals surface area contributed by atoms with Crippen LogP contribution in [0.25, 0.3) is 0 Å². The Morgan fingerprint density at radius 3 is 2.09 bits per heavy atom. The van der Waals surface area contributed by atoms with Crippen molar-refractivity contribution in [2.24, 2.45) is 5.41 Å². The number of carbonyl (C=O) groups excluding carboxylic acids is 2. The van der Waals surface area contributed by atoms with E-state index < -0.39 is 20.8 Å². The maximum absolute atomic E-state index is 12.8. The molecule has 7 heteroatoms. The molecule has 1 aliphatic heterocycles. The smallest absolute Gasteiger partial charge is 0.237 e. The van der Waals surface area contributed by atoms with E-state index >= 15 is 0 Å². The zero-order valence-corrected chi connectivity index (χ0v) is 15.2. The number of rotatable bonds is 4. The van der Waals surface area contributed by atoms with Gasteiger partial charge in [0, 0.05) is 18.1 Å². The van der Waals surface area contributed by atoms with E-state index in [1.165, 1.54) is 4.90 Å². The van der Waals surface area contributed by atoms with Crippen molar-refractivity contribution in [2.75, 3.05) is 18.1 Å². The maximum Gasteiger partial charge on any atom is 0.237 e. The first kappa shape index (κ1) is 18.9. The van der Waals surface area contributed by atoms with Crippen LogP contribution in [-0.4, -0.2) is 54.8 Å². The first-order valence-corrected chi connectivity index (χ1v) is 9.46. The van der Waals surface area contributed by atoms with Gasteiger partial charge >= 0.3 is 0 Å². The van der Waals surface area contributed by atoms with Crippen LogP contribution in [0.1, 0.15) is 48.0 Å². The van der Waals surface area contributed by atoms with Crippen molar-refractivity contribution in [3.05, 3.63) is 0 Å². The van der Waals surface area contributed by atoms with Crippen molar-refractivity contribution in [1.29, 1.82) is 0 Å². The molecule has 1 N–H and O–H groups in total. The topological polar surface area (TPSA) is 83.6 Å². The highest BCUT2D eigenvalue weighted by atomic mass is 32.2. The molecule has 128 valence electrons. The summed E-state index contributed by atoms with van der Waals surface area (Å²) < 4.78 is 23.3. The fraction of sp³-hybridized carbons (Fsp3) is 0.867. The monoisotopic (exact) mass is 332 g/mol. The van der Waals surface area contributed by atoms with Crippen molar-refractivity contribution in [1.82, 2.24) is 10.2 Å². The van der Waals surface area contributed by atoms with Crippen molar-refractivity contribution in [2.45, 2.75) is 59.5 Å². The van der Waals surface area contributed by atoms with Gasteiger partial charge in [-0.05, 0) is 48.0 Å². The third-order valence-electron chi connectivity index (χ3n) is 3.84. The lowest BCUT2D eigenvalue weighted by Crippen LogP contribution is -2.55. The molecule has 0 radical (unpaired) electrons. The van der Waals surface area contributed by atoms with E-state index in [2.05, 4.69) is 5.32 Å². The highest BCUT2D eigenvalue weighted by Crippen LogP contribution is 2.26. The minimum atomic E-state index is -3.07. The molecule has 6 nitrogen and oxygen atoms in total. The normalized spacial score (nSPS) is 21.5. The van der Waals surface area contributed by atoms with Crippen LogP contribution in [0.15, 0.2) is 0 Å². The van der Waals surface area contributed by atoms with Crippen LogP contribution in [0.4, 0.5) is 0 Å². The third-order valence-corrected chi connectivity index (χ3v) is 5.59. The number of nitrogens with zero attached hydrogens (tertiary/aromatic N) is 1. The van der Waals surface area contributed by atoms with Gasteiger partial charge in [-0.15, -0.1) is 0 Å². The number of hydrogen-bond acceptors (Lipinski definition) is 4.